The molecule has 1 N–H and O–H groups in total. The van der Waals surface area contributed by atoms with E-state index in [1.807, 2.05) is 0 Å². The molecule has 7 heteroatoms. The van der Waals surface area contributed by atoms with E-state index in [4.69, 9.17) is 0 Å². The third-order valence-corrected chi connectivity index (χ3v) is 2.76. The lowest BCUT2D eigenvalue weighted by molar-refractivity contribution is -0.274. The van der Waals surface area contributed by atoms with E-state index in [-0.39, 0.29) is 5.75 Å². The first-order chi connectivity index (χ1) is 9.89. The summed E-state index contributed by atoms with van der Waals surface area (Å²) in [6.45, 7) is 0. The molecular formula is C14H12F4N2O. The van der Waals surface area contributed by atoms with Crippen LogP contribution in [-0.4, -0.2) is 18.4 Å². The largest absolute Gasteiger partial charge is 0.573 e. The first-order valence-electron chi connectivity index (χ1n) is 6.03. The summed E-state index contributed by atoms with van der Waals surface area (Å²) in [5, 5.41) is 2.92. The topological polar surface area (TPSA) is 34.1 Å². The van der Waals surface area contributed by atoms with Crippen LogP contribution in [0.5, 0.6) is 5.75 Å². The number of hydrogen-bond acceptors (Lipinski definition) is 3. The van der Waals surface area contributed by atoms with Crippen molar-refractivity contribution in [2.45, 2.75) is 12.4 Å². The lowest BCUT2D eigenvalue weighted by Gasteiger charge is -2.17. The highest BCUT2D eigenvalue weighted by molar-refractivity contribution is 5.34. The van der Waals surface area contributed by atoms with Crippen LogP contribution in [-0.2, 0) is 0 Å². The zero-order valence-corrected chi connectivity index (χ0v) is 11.0. The lowest BCUT2D eigenvalue weighted by Crippen LogP contribution is -2.20. The molecule has 0 radical (unpaired) electrons. The van der Waals surface area contributed by atoms with Crippen molar-refractivity contribution < 1.29 is 22.3 Å². The minimum absolute atomic E-state index is 0.317. The molecule has 0 saturated heterocycles. The minimum Gasteiger partial charge on any atom is -0.406 e. The van der Waals surface area contributed by atoms with Gasteiger partial charge in [0.05, 0.1) is 17.9 Å². The highest BCUT2D eigenvalue weighted by atomic mass is 19.4. The number of halogens is 4. The van der Waals surface area contributed by atoms with Crippen molar-refractivity contribution >= 4 is 0 Å². The first kappa shape index (κ1) is 15.2. The second kappa shape index (κ2) is 6.09. The van der Waals surface area contributed by atoms with E-state index in [1.54, 1.807) is 13.1 Å². The predicted octanol–water partition coefficient (Wildman–Crippen LogP) is 3.43. The zero-order chi connectivity index (χ0) is 15.5. The number of rotatable bonds is 4. The van der Waals surface area contributed by atoms with Crippen molar-refractivity contribution in [1.82, 2.24) is 10.3 Å². The van der Waals surface area contributed by atoms with Crippen molar-refractivity contribution in [3.8, 4) is 5.75 Å². The first-order valence-corrected chi connectivity index (χ1v) is 6.03. The average molecular weight is 300 g/mol. The summed E-state index contributed by atoms with van der Waals surface area (Å²) < 4.78 is 53.5. The standard InChI is InChI=1S/C14H12F4N2O/c1-19-13(12-6-5-10(15)8-20-12)9-3-2-4-11(7-9)21-14(16,17)18/h2-8,13,19H,1H3. The zero-order valence-electron chi connectivity index (χ0n) is 11.0. The van der Waals surface area contributed by atoms with Crippen LogP contribution >= 0.6 is 0 Å². The van der Waals surface area contributed by atoms with Crippen molar-refractivity contribution in [1.29, 1.82) is 0 Å². The van der Waals surface area contributed by atoms with Crippen LogP contribution in [0.1, 0.15) is 17.3 Å². The molecule has 112 valence electrons. The van der Waals surface area contributed by atoms with E-state index in [9.17, 15) is 17.6 Å². The number of benzene rings is 1. The second-order valence-electron chi connectivity index (χ2n) is 4.24. The van der Waals surface area contributed by atoms with Crippen molar-refractivity contribution in [2.75, 3.05) is 7.05 Å². The number of aromatic nitrogens is 1. The fraction of sp³-hybridized carbons (Fsp3) is 0.214. The monoisotopic (exact) mass is 300 g/mol. The van der Waals surface area contributed by atoms with Gasteiger partial charge in [-0.05, 0) is 36.9 Å². The number of pyridine rings is 1. The van der Waals surface area contributed by atoms with Crippen molar-refractivity contribution in [3.05, 3.63) is 59.7 Å². The van der Waals surface area contributed by atoms with Gasteiger partial charge in [-0.15, -0.1) is 13.2 Å². The third kappa shape index (κ3) is 4.16. The quantitative estimate of drug-likeness (QED) is 0.878. The summed E-state index contributed by atoms with van der Waals surface area (Å²) in [6, 6.07) is 7.79. The summed E-state index contributed by atoms with van der Waals surface area (Å²) >= 11 is 0. The minimum atomic E-state index is -4.75. The Morgan fingerprint density at radius 2 is 1.95 bits per heavy atom. The molecule has 0 aliphatic heterocycles. The Balaban J connectivity index is 2.30. The molecule has 21 heavy (non-hydrogen) atoms. The number of ether oxygens (including phenoxy) is 1. The van der Waals surface area contributed by atoms with Crippen LogP contribution in [0.4, 0.5) is 17.6 Å². The third-order valence-electron chi connectivity index (χ3n) is 2.76. The van der Waals surface area contributed by atoms with Gasteiger partial charge < -0.3 is 10.1 Å². The van der Waals surface area contributed by atoms with Gasteiger partial charge in [-0.1, -0.05) is 12.1 Å². The van der Waals surface area contributed by atoms with E-state index in [0.29, 0.717) is 11.3 Å². The molecule has 0 amide bonds. The summed E-state index contributed by atoms with van der Waals surface area (Å²) in [5.74, 6) is -0.801. The summed E-state index contributed by atoms with van der Waals surface area (Å²) in [5.41, 5.74) is 1.02. The van der Waals surface area contributed by atoms with Crippen LogP contribution in [0.3, 0.4) is 0 Å². The van der Waals surface area contributed by atoms with Gasteiger partial charge in [0.25, 0.3) is 0 Å². The van der Waals surface area contributed by atoms with E-state index in [0.717, 1.165) is 6.20 Å². The molecule has 0 aliphatic carbocycles. The van der Waals surface area contributed by atoms with Gasteiger partial charge in [0.1, 0.15) is 11.6 Å². The van der Waals surface area contributed by atoms with E-state index < -0.39 is 18.2 Å². The number of alkyl halides is 3. The molecule has 0 saturated carbocycles. The molecule has 1 heterocycles. The molecule has 2 rings (SSSR count). The molecule has 0 aliphatic rings. The van der Waals surface area contributed by atoms with Gasteiger partial charge >= 0.3 is 6.36 Å². The Morgan fingerprint density at radius 1 is 1.19 bits per heavy atom. The van der Waals surface area contributed by atoms with Crippen LogP contribution in [0, 0.1) is 5.82 Å². The number of nitrogens with one attached hydrogen (secondary N) is 1. The van der Waals surface area contributed by atoms with Crippen LogP contribution < -0.4 is 10.1 Å². The number of hydrogen-bond donors (Lipinski definition) is 1. The van der Waals surface area contributed by atoms with E-state index in [1.165, 1.54) is 30.3 Å². The Bertz CT molecular complexity index is 599. The summed E-state index contributed by atoms with van der Waals surface area (Å²) in [6.07, 6.45) is -3.70. The smallest absolute Gasteiger partial charge is 0.406 e. The number of nitrogens with zero attached hydrogens (tertiary/aromatic N) is 1. The summed E-state index contributed by atoms with van der Waals surface area (Å²) in [4.78, 5) is 3.93. The molecule has 1 aromatic carbocycles. The molecule has 0 spiro atoms. The van der Waals surface area contributed by atoms with E-state index in [2.05, 4.69) is 15.0 Å². The molecule has 2 aromatic rings. The van der Waals surface area contributed by atoms with Gasteiger partial charge in [0.15, 0.2) is 0 Å². The molecule has 1 aromatic heterocycles. The molecule has 1 atom stereocenters. The molecular weight excluding hydrogens is 288 g/mol. The van der Waals surface area contributed by atoms with Gasteiger partial charge in [0, 0.05) is 0 Å². The Morgan fingerprint density at radius 3 is 2.52 bits per heavy atom. The maximum Gasteiger partial charge on any atom is 0.573 e. The molecule has 0 bridgehead atoms. The Hall–Kier alpha value is -2.15. The Labute approximate surface area is 118 Å². The molecule has 0 fully saturated rings. The van der Waals surface area contributed by atoms with Gasteiger partial charge in [-0.25, -0.2) is 4.39 Å². The van der Waals surface area contributed by atoms with Crippen LogP contribution in [0.25, 0.3) is 0 Å². The van der Waals surface area contributed by atoms with Gasteiger partial charge in [-0.3, -0.25) is 4.98 Å². The maximum atomic E-state index is 12.9. The van der Waals surface area contributed by atoms with Gasteiger partial charge in [-0.2, -0.15) is 0 Å². The van der Waals surface area contributed by atoms with Crippen LogP contribution in [0.2, 0.25) is 0 Å². The summed E-state index contributed by atoms with van der Waals surface area (Å²) in [7, 11) is 1.63. The van der Waals surface area contributed by atoms with Crippen LogP contribution in [0.15, 0.2) is 42.6 Å². The second-order valence-corrected chi connectivity index (χ2v) is 4.24. The van der Waals surface area contributed by atoms with Crippen molar-refractivity contribution in [2.24, 2.45) is 0 Å². The predicted molar refractivity (Wildman–Crippen MR) is 68.2 cm³/mol. The lowest BCUT2D eigenvalue weighted by atomic mass is 10.0. The maximum absolute atomic E-state index is 12.9. The molecule has 3 nitrogen and oxygen atoms in total. The fourth-order valence-electron chi connectivity index (χ4n) is 1.93. The highest BCUT2D eigenvalue weighted by Crippen LogP contribution is 2.27. The van der Waals surface area contributed by atoms with Gasteiger partial charge in [0.2, 0.25) is 0 Å². The highest BCUT2D eigenvalue weighted by Gasteiger charge is 2.31. The SMILES string of the molecule is CNC(c1cccc(OC(F)(F)F)c1)c1ccc(F)cn1. The average Bonchev–Trinajstić information content (AvgIpc) is 2.40. The normalized spacial score (nSPS) is 13.0. The molecule has 1 unspecified atom stereocenters. The van der Waals surface area contributed by atoms with Crippen molar-refractivity contribution in [3.63, 3.8) is 0 Å². The van der Waals surface area contributed by atoms with E-state index >= 15 is 0 Å². The Kier molecular flexibility index (Phi) is 4.42. The fourth-order valence-corrected chi connectivity index (χ4v) is 1.93.